The highest BCUT2D eigenvalue weighted by Gasteiger charge is 2.40. The normalized spacial score (nSPS) is 23.3. The molecule has 2 aromatic rings. The third-order valence-electron chi connectivity index (χ3n) is 6.00. The molecule has 26 heavy (non-hydrogen) atoms. The SMILES string of the molecule is O=C(c1cnc2c(c1)ncn2C1CCCC1)N1CCC2(CC1)OCCO2. The summed E-state index contributed by atoms with van der Waals surface area (Å²) in [6.07, 6.45) is 9.94. The van der Waals surface area contributed by atoms with E-state index in [4.69, 9.17) is 9.47 Å². The van der Waals surface area contributed by atoms with Gasteiger partial charge in [-0.3, -0.25) is 4.79 Å². The van der Waals surface area contributed by atoms with Gasteiger partial charge in [0.15, 0.2) is 11.4 Å². The summed E-state index contributed by atoms with van der Waals surface area (Å²) in [5.74, 6) is -0.443. The highest BCUT2D eigenvalue weighted by Crippen LogP contribution is 2.33. The summed E-state index contributed by atoms with van der Waals surface area (Å²) in [7, 11) is 0. The molecule has 3 aliphatic rings. The van der Waals surface area contributed by atoms with Gasteiger partial charge in [0, 0.05) is 38.2 Å². The van der Waals surface area contributed by atoms with Crippen LogP contribution in [0.4, 0.5) is 0 Å². The standard InChI is InChI=1S/C19H24N4O3/c24-18(22-7-5-19(6-8-22)25-9-10-26-19)14-11-16-17(20-12-14)23(13-21-16)15-3-1-2-4-15/h11-13,15H,1-10H2. The zero-order valence-corrected chi connectivity index (χ0v) is 14.9. The predicted molar refractivity (Wildman–Crippen MR) is 94.8 cm³/mol. The van der Waals surface area contributed by atoms with Gasteiger partial charge < -0.3 is 18.9 Å². The molecule has 2 saturated heterocycles. The molecule has 0 atom stereocenters. The number of fused-ring (bicyclic) bond motifs is 1. The molecule has 0 N–H and O–H groups in total. The second-order valence-corrected chi connectivity index (χ2v) is 7.56. The van der Waals surface area contributed by atoms with Crippen molar-refractivity contribution in [2.45, 2.75) is 50.4 Å². The van der Waals surface area contributed by atoms with Crippen molar-refractivity contribution in [3.05, 3.63) is 24.2 Å². The van der Waals surface area contributed by atoms with Gasteiger partial charge in [0.1, 0.15) is 5.52 Å². The summed E-state index contributed by atoms with van der Waals surface area (Å²) >= 11 is 0. The molecule has 2 aliphatic heterocycles. The van der Waals surface area contributed by atoms with E-state index in [1.807, 2.05) is 17.3 Å². The number of rotatable bonds is 2. The van der Waals surface area contributed by atoms with Crippen LogP contribution in [0.3, 0.4) is 0 Å². The molecule has 1 aliphatic carbocycles. The Balaban J connectivity index is 1.33. The van der Waals surface area contributed by atoms with Crippen molar-refractivity contribution >= 4 is 17.1 Å². The Morgan fingerprint density at radius 1 is 1.12 bits per heavy atom. The topological polar surface area (TPSA) is 69.5 Å². The van der Waals surface area contributed by atoms with E-state index in [0.29, 0.717) is 37.9 Å². The zero-order valence-electron chi connectivity index (χ0n) is 14.9. The average Bonchev–Trinajstić information content (AvgIpc) is 3.42. The highest BCUT2D eigenvalue weighted by molar-refractivity contribution is 5.96. The molecule has 1 spiro atoms. The number of piperidine rings is 1. The Bertz CT molecular complexity index is 811. The van der Waals surface area contributed by atoms with Crippen LogP contribution in [0, 0.1) is 0 Å². The molecule has 0 aromatic carbocycles. The Labute approximate surface area is 152 Å². The van der Waals surface area contributed by atoms with Crippen LogP contribution < -0.4 is 0 Å². The van der Waals surface area contributed by atoms with Crippen LogP contribution >= 0.6 is 0 Å². The molecule has 0 unspecified atom stereocenters. The minimum atomic E-state index is -0.459. The van der Waals surface area contributed by atoms with Gasteiger partial charge in [0.25, 0.3) is 5.91 Å². The lowest BCUT2D eigenvalue weighted by Crippen LogP contribution is -2.47. The van der Waals surface area contributed by atoms with E-state index in [0.717, 1.165) is 24.0 Å². The van der Waals surface area contributed by atoms with Crippen molar-refractivity contribution in [1.82, 2.24) is 19.4 Å². The molecule has 4 heterocycles. The van der Waals surface area contributed by atoms with Crippen LogP contribution in [0.5, 0.6) is 0 Å². The number of carbonyl (C=O) groups is 1. The minimum absolute atomic E-state index is 0.0164. The van der Waals surface area contributed by atoms with Crippen molar-refractivity contribution in [2.75, 3.05) is 26.3 Å². The van der Waals surface area contributed by atoms with Crippen LogP contribution in [0.1, 0.15) is 54.9 Å². The lowest BCUT2D eigenvalue weighted by atomic mass is 10.0. The maximum atomic E-state index is 12.9. The van der Waals surface area contributed by atoms with E-state index in [2.05, 4.69) is 14.5 Å². The maximum absolute atomic E-state index is 12.9. The van der Waals surface area contributed by atoms with Gasteiger partial charge in [-0.25, -0.2) is 9.97 Å². The fourth-order valence-corrected chi connectivity index (χ4v) is 4.50. The van der Waals surface area contributed by atoms with E-state index in [1.54, 1.807) is 6.20 Å². The fraction of sp³-hybridized carbons (Fsp3) is 0.632. The van der Waals surface area contributed by atoms with E-state index in [1.165, 1.54) is 25.7 Å². The van der Waals surface area contributed by atoms with E-state index in [-0.39, 0.29) is 5.91 Å². The van der Waals surface area contributed by atoms with E-state index >= 15 is 0 Å². The Kier molecular flexibility index (Phi) is 3.94. The summed E-state index contributed by atoms with van der Waals surface area (Å²) in [5, 5.41) is 0. The molecular weight excluding hydrogens is 332 g/mol. The number of amides is 1. The van der Waals surface area contributed by atoms with Gasteiger partial charge in [-0.05, 0) is 18.9 Å². The largest absolute Gasteiger partial charge is 0.347 e. The number of likely N-dealkylation sites (tertiary alicyclic amines) is 1. The lowest BCUT2D eigenvalue weighted by molar-refractivity contribution is -0.181. The first-order valence-electron chi connectivity index (χ1n) is 9.64. The van der Waals surface area contributed by atoms with E-state index in [9.17, 15) is 4.79 Å². The Morgan fingerprint density at radius 2 is 1.85 bits per heavy atom. The molecule has 138 valence electrons. The van der Waals surface area contributed by atoms with Crippen molar-refractivity contribution in [3.63, 3.8) is 0 Å². The third-order valence-corrected chi connectivity index (χ3v) is 6.00. The Morgan fingerprint density at radius 3 is 2.58 bits per heavy atom. The molecule has 1 amide bonds. The monoisotopic (exact) mass is 356 g/mol. The van der Waals surface area contributed by atoms with Crippen molar-refractivity contribution in [3.8, 4) is 0 Å². The van der Waals surface area contributed by atoms with E-state index < -0.39 is 5.79 Å². The third kappa shape index (κ3) is 2.70. The number of hydrogen-bond donors (Lipinski definition) is 0. The quantitative estimate of drug-likeness (QED) is 0.827. The number of hydrogen-bond acceptors (Lipinski definition) is 5. The second-order valence-electron chi connectivity index (χ2n) is 7.56. The number of imidazole rings is 1. The fourth-order valence-electron chi connectivity index (χ4n) is 4.50. The van der Waals surface area contributed by atoms with Gasteiger partial charge in [-0.15, -0.1) is 0 Å². The zero-order chi connectivity index (χ0) is 17.6. The Hall–Kier alpha value is -1.99. The van der Waals surface area contributed by atoms with Gasteiger partial charge in [-0.2, -0.15) is 0 Å². The van der Waals surface area contributed by atoms with Crippen molar-refractivity contribution < 1.29 is 14.3 Å². The minimum Gasteiger partial charge on any atom is -0.347 e. The van der Waals surface area contributed by atoms with Crippen LogP contribution in [0.15, 0.2) is 18.6 Å². The van der Waals surface area contributed by atoms with Crippen LogP contribution in [0.2, 0.25) is 0 Å². The highest BCUT2D eigenvalue weighted by atomic mass is 16.7. The summed E-state index contributed by atoms with van der Waals surface area (Å²) in [4.78, 5) is 23.8. The number of aromatic nitrogens is 3. The molecule has 3 fully saturated rings. The number of pyridine rings is 1. The molecule has 5 rings (SSSR count). The molecule has 1 saturated carbocycles. The van der Waals surface area contributed by atoms with Crippen LogP contribution in [0.25, 0.3) is 11.2 Å². The molecule has 0 radical (unpaired) electrons. The van der Waals surface area contributed by atoms with Crippen molar-refractivity contribution in [1.29, 1.82) is 0 Å². The first-order chi connectivity index (χ1) is 12.7. The van der Waals surface area contributed by atoms with Gasteiger partial charge >= 0.3 is 0 Å². The molecule has 7 heteroatoms. The van der Waals surface area contributed by atoms with Crippen LogP contribution in [-0.4, -0.2) is 57.4 Å². The van der Waals surface area contributed by atoms with Crippen molar-refractivity contribution in [2.24, 2.45) is 0 Å². The summed E-state index contributed by atoms with van der Waals surface area (Å²) in [6.45, 7) is 2.59. The summed E-state index contributed by atoms with van der Waals surface area (Å²) < 4.78 is 13.7. The van der Waals surface area contributed by atoms with Crippen LogP contribution in [-0.2, 0) is 9.47 Å². The van der Waals surface area contributed by atoms with Gasteiger partial charge in [0.05, 0.1) is 25.1 Å². The second kappa shape index (κ2) is 6.32. The molecular formula is C19H24N4O3. The van der Waals surface area contributed by atoms with Gasteiger partial charge in [0.2, 0.25) is 0 Å². The maximum Gasteiger partial charge on any atom is 0.255 e. The summed E-state index contributed by atoms with van der Waals surface area (Å²) in [5.41, 5.74) is 2.30. The molecule has 0 bridgehead atoms. The first kappa shape index (κ1) is 16.2. The lowest BCUT2D eigenvalue weighted by Gasteiger charge is -2.37. The van der Waals surface area contributed by atoms with Gasteiger partial charge in [-0.1, -0.05) is 12.8 Å². The number of nitrogens with zero attached hydrogens (tertiary/aromatic N) is 4. The average molecular weight is 356 g/mol. The summed E-state index contributed by atoms with van der Waals surface area (Å²) in [6, 6.07) is 2.38. The first-order valence-corrected chi connectivity index (χ1v) is 9.64. The number of ether oxygens (including phenoxy) is 2. The number of carbonyl (C=O) groups excluding carboxylic acids is 1. The molecule has 7 nitrogen and oxygen atoms in total. The molecule has 2 aromatic heterocycles. The predicted octanol–water partition coefficient (Wildman–Crippen LogP) is 2.53. The smallest absolute Gasteiger partial charge is 0.255 e.